The zero-order valence-electron chi connectivity index (χ0n) is 14.7. The first kappa shape index (κ1) is 17.6. The van der Waals surface area contributed by atoms with Crippen LogP contribution in [-0.4, -0.2) is 10.9 Å². The standard InChI is InChI=1S/C21H20FN3O/c1-14-4-3-5-19(15(14)2)25-18-10-11-23-20(12-18)21(26)24-13-16-6-8-17(22)9-7-16/h3-12H,13H2,1-2H3,(H,23,25)(H,24,26). The molecule has 0 saturated carbocycles. The lowest BCUT2D eigenvalue weighted by Gasteiger charge is -2.12. The molecule has 26 heavy (non-hydrogen) atoms. The summed E-state index contributed by atoms with van der Waals surface area (Å²) in [5, 5.41) is 6.12. The molecule has 1 heterocycles. The topological polar surface area (TPSA) is 54.0 Å². The number of aryl methyl sites for hydroxylation is 1. The maximum Gasteiger partial charge on any atom is 0.270 e. The number of carbonyl (C=O) groups excluding carboxylic acids is 1. The second kappa shape index (κ2) is 7.78. The van der Waals surface area contributed by atoms with Gasteiger partial charge in [0.15, 0.2) is 0 Å². The molecule has 0 spiro atoms. The number of nitrogens with zero attached hydrogens (tertiary/aromatic N) is 1. The summed E-state index contributed by atoms with van der Waals surface area (Å²) in [5.41, 5.74) is 5.29. The van der Waals surface area contributed by atoms with Crippen LogP contribution in [0.5, 0.6) is 0 Å². The number of aromatic nitrogens is 1. The summed E-state index contributed by atoms with van der Waals surface area (Å²) < 4.78 is 12.9. The number of anilines is 2. The average Bonchev–Trinajstić information content (AvgIpc) is 2.65. The average molecular weight is 349 g/mol. The molecule has 5 heteroatoms. The highest BCUT2D eigenvalue weighted by atomic mass is 19.1. The van der Waals surface area contributed by atoms with Gasteiger partial charge in [-0.3, -0.25) is 9.78 Å². The summed E-state index contributed by atoms with van der Waals surface area (Å²) in [4.78, 5) is 16.5. The van der Waals surface area contributed by atoms with Gasteiger partial charge in [-0.25, -0.2) is 4.39 Å². The largest absolute Gasteiger partial charge is 0.355 e. The molecular weight excluding hydrogens is 329 g/mol. The van der Waals surface area contributed by atoms with E-state index >= 15 is 0 Å². The minimum atomic E-state index is -0.299. The van der Waals surface area contributed by atoms with E-state index in [0.29, 0.717) is 12.2 Å². The van der Waals surface area contributed by atoms with Gasteiger partial charge in [0.05, 0.1) is 0 Å². The summed E-state index contributed by atoms with van der Waals surface area (Å²) in [6.45, 7) is 4.42. The Bertz CT molecular complexity index is 923. The molecule has 1 amide bonds. The zero-order chi connectivity index (χ0) is 18.5. The maximum atomic E-state index is 12.9. The summed E-state index contributed by atoms with van der Waals surface area (Å²) in [6, 6.07) is 15.6. The number of benzene rings is 2. The van der Waals surface area contributed by atoms with Gasteiger partial charge in [-0.05, 0) is 60.9 Å². The van der Waals surface area contributed by atoms with Gasteiger partial charge in [0.1, 0.15) is 11.5 Å². The molecule has 0 unspecified atom stereocenters. The number of hydrogen-bond donors (Lipinski definition) is 2. The lowest BCUT2D eigenvalue weighted by molar-refractivity contribution is 0.0946. The van der Waals surface area contributed by atoms with Crippen LogP contribution in [0.25, 0.3) is 0 Å². The second-order valence-corrected chi connectivity index (χ2v) is 6.11. The van der Waals surface area contributed by atoms with Crippen LogP contribution >= 0.6 is 0 Å². The number of nitrogens with one attached hydrogen (secondary N) is 2. The molecule has 0 radical (unpaired) electrons. The first-order chi connectivity index (χ1) is 12.5. The molecule has 2 aromatic carbocycles. The molecule has 0 saturated heterocycles. The van der Waals surface area contributed by atoms with Crippen molar-refractivity contribution < 1.29 is 9.18 Å². The number of amides is 1. The molecule has 0 fully saturated rings. The Morgan fingerprint density at radius 3 is 2.62 bits per heavy atom. The summed E-state index contributed by atoms with van der Waals surface area (Å²) in [6.07, 6.45) is 1.60. The molecule has 3 rings (SSSR count). The van der Waals surface area contributed by atoms with Crippen LogP contribution in [0.4, 0.5) is 15.8 Å². The van der Waals surface area contributed by atoms with Gasteiger partial charge in [-0.1, -0.05) is 24.3 Å². The number of hydrogen-bond acceptors (Lipinski definition) is 3. The van der Waals surface area contributed by atoms with E-state index in [1.807, 2.05) is 18.2 Å². The molecule has 0 aliphatic rings. The van der Waals surface area contributed by atoms with Gasteiger partial charge in [-0.2, -0.15) is 0 Å². The van der Waals surface area contributed by atoms with Crippen LogP contribution in [0, 0.1) is 19.7 Å². The normalized spacial score (nSPS) is 10.4. The molecule has 0 aliphatic carbocycles. The highest BCUT2D eigenvalue weighted by molar-refractivity contribution is 5.93. The van der Waals surface area contributed by atoms with Gasteiger partial charge >= 0.3 is 0 Å². The molecule has 0 aliphatic heterocycles. The number of pyridine rings is 1. The molecule has 0 bridgehead atoms. The van der Waals surface area contributed by atoms with Crippen molar-refractivity contribution in [2.24, 2.45) is 0 Å². The smallest absolute Gasteiger partial charge is 0.270 e. The minimum Gasteiger partial charge on any atom is -0.355 e. The number of carbonyl (C=O) groups is 1. The van der Waals surface area contributed by atoms with E-state index in [9.17, 15) is 9.18 Å². The second-order valence-electron chi connectivity index (χ2n) is 6.11. The van der Waals surface area contributed by atoms with Crippen molar-refractivity contribution >= 4 is 17.3 Å². The van der Waals surface area contributed by atoms with Crippen molar-refractivity contribution in [1.29, 1.82) is 0 Å². The summed E-state index contributed by atoms with van der Waals surface area (Å²) in [5.74, 6) is -0.578. The van der Waals surface area contributed by atoms with Gasteiger partial charge < -0.3 is 10.6 Å². The van der Waals surface area contributed by atoms with Crippen LogP contribution in [0.1, 0.15) is 27.2 Å². The zero-order valence-corrected chi connectivity index (χ0v) is 14.7. The predicted molar refractivity (Wildman–Crippen MR) is 101 cm³/mol. The van der Waals surface area contributed by atoms with E-state index < -0.39 is 0 Å². The van der Waals surface area contributed by atoms with Crippen LogP contribution < -0.4 is 10.6 Å². The fourth-order valence-electron chi connectivity index (χ4n) is 2.55. The Morgan fingerprint density at radius 2 is 1.85 bits per heavy atom. The first-order valence-electron chi connectivity index (χ1n) is 8.35. The Morgan fingerprint density at radius 1 is 1.08 bits per heavy atom. The third-order valence-corrected chi connectivity index (χ3v) is 4.24. The molecular formula is C21H20FN3O. The molecule has 4 nitrogen and oxygen atoms in total. The third-order valence-electron chi connectivity index (χ3n) is 4.24. The van der Waals surface area contributed by atoms with Crippen LogP contribution in [0.3, 0.4) is 0 Å². The monoisotopic (exact) mass is 349 g/mol. The Hall–Kier alpha value is -3.21. The third kappa shape index (κ3) is 4.25. The fraction of sp³-hybridized carbons (Fsp3) is 0.143. The molecule has 2 N–H and O–H groups in total. The van der Waals surface area contributed by atoms with E-state index in [-0.39, 0.29) is 11.7 Å². The van der Waals surface area contributed by atoms with Crippen molar-refractivity contribution in [3.05, 3.63) is 89.0 Å². The maximum absolute atomic E-state index is 12.9. The minimum absolute atomic E-state index is 0.279. The van der Waals surface area contributed by atoms with E-state index in [4.69, 9.17) is 0 Å². The Labute approximate surface area is 152 Å². The fourth-order valence-corrected chi connectivity index (χ4v) is 2.55. The van der Waals surface area contributed by atoms with Gasteiger partial charge in [0, 0.05) is 24.1 Å². The lowest BCUT2D eigenvalue weighted by Crippen LogP contribution is -2.23. The summed E-state index contributed by atoms with van der Waals surface area (Å²) in [7, 11) is 0. The van der Waals surface area contributed by atoms with E-state index in [1.165, 1.54) is 17.7 Å². The van der Waals surface area contributed by atoms with E-state index in [0.717, 1.165) is 22.5 Å². The quantitative estimate of drug-likeness (QED) is 0.712. The van der Waals surface area contributed by atoms with Gasteiger partial charge in [0.25, 0.3) is 5.91 Å². The van der Waals surface area contributed by atoms with Crippen LogP contribution in [-0.2, 0) is 6.54 Å². The predicted octanol–water partition coefficient (Wildman–Crippen LogP) is 4.51. The van der Waals surface area contributed by atoms with Crippen molar-refractivity contribution in [1.82, 2.24) is 10.3 Å². The highest BCUT2D eigenvalue weighted by Gasteiger charge is 2.09. The van der Waals surface area contributed by atoms with Crippen molar-refractivity contribution in [2.45, 2.75) is 20.4 Å². The SMILES string of the molecule is Cc1cccc(Nc2ccnc(C(=O)NCc3ccc(F)cc3)c2)c1C. The number of rotatable bonds is 5. The van der Waals surface area contributed by atoms with Gasteiger partial charge in [-0.15, -0.1) is 0 Å². The first-order valence-corrected chi connectivity index (χ1v) is 8.35. The molecule has 0 atom stereocenters. The Balaban J connectivity index is 1.69. The van der Waals surface area contributed by atoms with Crippen molar-refractivity contribution in [3.63, 3.8) is 0 Å². The lowest BCUT2D eigenvalue weighted by atomic mass is 10.1. The van der Waals surface area contributed by atoms with E-state index in [1.54, 1.807) is 24.4 Å². The van der Waals surface area contributed by atoms with Crippen molar-refractivity contribution in [2.75, 3.05) is 5.32 Å². The summed E-state index contributed by atoms with van der Waals surface area (Å²) >= 11 is 0. The van der Waals surface area contributed by atoms with Gasteiger partial charge in [0.2, 0.25) is 0 Å². The van der Waals surface area contributed by atoms with Crippen LogP contribution in [0.15, 0.2) is 60.8 Å². The number of halogens is 1. The van der Waals surface area contributed by atoms with E-state index in [2.05, 4.69) is 35.5 Å². The Kier molecular flexibility index (Phi) is 5.27. The molecule has 3 aromatic rings. The molecule has 132 valence electrons. The van der Waals surface area contributed by atoms with Crippen molar-refractivity contribution in [3.8, 4) is 0 Å². The highest BCUT2D eigenvalue weighted by Crippen LogP contribution is 2.22. The van der Waals surface area contributed by atoms with Crippen LogP contribution in [0.2, 0.25) is 0 Å². The molecule has 1 aromatic heterocycles.